The lowest BCUT2D eigenvalue weighted by Gasteiger charge is -2.25. The number of fused-ring (bicyclic) bond motifs is 1. The van der Waals surface area contributed by atoms with E-state index in [9.17, 15) is 18.4 Å². The van der Waals surface area contributed by atoms with Gasteiger partial charge in [-0.2, -0.15) is 4.39 Å². The van der Waals surface area contributed by atoms with Crippen LogP contribution in [0, 0.1) is 11.6 Å². The number of hydrogen-bond acceptors (Lipinski definition) is 4. The lowest BCUT2D eigenvalue weighted by molar-refractivity contribution is 0.0734. The molecule has 1 atom stereocenters. The molecule has 164 valence electrons. The molecule has 6 nitrogen and oxygen atoms in total. The Morgan fingerprint density at radius 1 is 1.39 bits per heavy atom. The SMILES string of the molecule is COc1c(F)c(F)cc2c(=O)c(C(=O)N(C)[C@H](C)CCc3ccco3)cn(C3CC3)c12. The maximum absolute atomic E-state index is 14.3. The molecule has 0 bridgehead atoms. The predicted octanol–water partition coefficient (Wildman–Crippen LogP) is 4.31. The smallest absolute Gasteiger partial charge is 0.259 e. The van der Waals surface area contributed by atoms with Gasteiger partial charge in [-0.3, -0.25) is 9.59 Å². The summed E-state index contributed by atoms with van der Waals surface area (Å²) in [6.45, 7) is 1.89. The molecule has 1 saturated carbocycles. The number of aromatic nitrogens is 1. The second-order valence-corrected chi connectivity index (χ2v) is 8.00. The van der Waals surface area contributed by atoms with Crippen molar-refractivity contribution < 1.29 is 22.7 Å². The van der Waals surface area contributed by atoms with Crippen molar-refractivity contribution in [3.05, 3.63) is 63.8 Å². The number of nitrogens with zero attached hydrogens (tertiary/aromatic N) is 2. The Balaban J connectivity index is 1.73. The highest BCUT2D eigenvalue weighted by molar-refractivity contribution is 5.98. The van der Waals surface area contributed by atoms with Crippen molar-refractivity contribution in [3.63, 3.8) is 0 Å². The van der Waals surface area contributed by atoms with E-state index in [2.05, 4.69) is 0 Å². The fourth-order valence-corrected chi connectivity index (χ4v) is 3.80. The first kappa shape index (κ1) is 21.1. The van der Waals surface area contributed by atoms with Crippen LogP contribution < -0.4 is 10.2 Å². The van der Waals surface area contributed by atoms with Crippen LogP contribution in [0.1, 0.15) is 48.3 Å². The lowest BCUT2D eigenvalue weighted by Crippen LogP contribution is -2.38. The van der Waals surface area contributed by atoms with Gasteiger partial charge in [0.15, 0.2) is 11.6 Å². The molecule has 4 rings (SSSR count). The Bertz CT molecular complexity index is 1180. The molecular formula is C23H24F2N2O4. The van der Waals surface area contributed by atoms with Crippen molar-refractivity contribution in [3.8, 4) is 5.75 Å². The highest BCUT2D eigenvalue weighted by Crippen LogP contribution is 2.40. The van der Waals surface area contributed by atoms with E-state index in [0.29, 0.717) is 12.8 Å². The Morgan fingerprint density at radius 2 is 2.13 bits per heavy atom. The third-order valence-corrected chi connectivity index (χ3v) is 5.91. The molecule has 8 heteroatoms. The number of carbonyl (C=O) groups excluding carboxylic acids is 1. The summed E-state index contributed by atoms with van der Waals surface area (Å²) >= 11 is 0. The van der Waals surface area contributed by atoms with Crippen LogP contribution in [0.2, 0.25) is 0 Å². The molecule has 1 aliphatic carbocycles. The maximum atomic E-state index is 14.3. The van der Waals surface area contributed by atoms with E-state index >= 15 is 0 Å². The third kappa shape index (κ3) is 3.82. The normalized spacial score (nSPS) is 14.6. The summed E-state index contributed by atoms with van der Waals surface area (Å²) in [5.74, 6) is -2.30. The van der Waals surface area contributed by atoms with Gasteiger partial charge in [-0.15, -0.1) is 0 Å². The van der Waals surface area contributed by atoms with E-state index in [0.717, 1.165) is 24.7 Å². The van der Waals surface area contributed by atoms with Gasteiger partial charge in [-0.05, 0) is 44.4 Å². The summed E-state index contributed by atoms with van der Waals surface area (Å²) in [6.07, 6.45) is 6.00. The molecule has 0 aliphatic heterocycles. The zero-order valence-corrected chi connectivity index (χ0v) is 17.7. The summed E-state index contributed by atoms with van der Waals surface area (Å²) in [7, 11) is 2.86. The van der Waals surface area contributed by atoms with E-state index in [4.69, 9.17) is 9.15 Å². The van der Waals surface area contributed by atoms with Crippen LogP contribution >= 0.6 is 0 Å². The fourth-order valence-electron chi connectivity index (χ4n) is 3.80. The van der Waals surface area contributed by atoms with Gasteiger partial charge < -0.3 is 18.6 Å². The van der Waals surface area contributed by atoms with Crippen LogP contribution in [0.5, 0.6) is 5.75 Å². The van der Waals surface area contributed by atoms with Gasteiger partial charge >= 0.3 is 0 Å². The number of aryl methyl sites for hydroxylation is 1. The summed E-state index contributed by atoms with van der Waals surface area (Å²) in [6, 6.07) is 4.37. The van der Waals surface area contributed by atoms with Crippen LogP contribution in [0.15, 0.2) is 39.9 Å². The minimum absolute atomic E-state index is 0.00935. The van der Waals surface area contributed by atoms with Crippen LogP contribution in [-0.2, 0) is 6.42 Å². The van der Waals surface area contributed by atoms with Gasteiger partial charge in [0.05, 0.1) is 24.3 Å². The molecule has 1 aromatic carbocycles. The second kappa shape index (κ2) is 8.17. The van der Waals surface area contributed by atoms with E-state index in [-0.39, 0.29) is 34.3 Å². The summed E-state index contributed by atoms with van der Waals surface area (Å²) < 4.78 is 40.6. The van der Waals surface area contributed by atoms with E-state index in [1.54, 1.807) is 23.9 Å². The highest BCUT2D eigenvalue weighted by atomic mass is 19.2. The van der Waals surface area contributed by atoms with Crippen LogP contribution in [0.4, 0.5) is 8.78 Å². The second-order valence-electron chi connectivity index (χ2n) is 8.00. The Labute approximate surface area is 178 Å². The van der Waals surface area contributed by atoms with Crippen molar-refractivity contribution in [2.75, 3.05) is 14.2 Å². The molecule has 1 fully saturated rings. The average Bonchev–Trinajstić information content (AvgIpc) is 3.47. The molecule has 2 aromatic heterocycles. The van der Waals surface area contributed by atoms with Crippen molar-refractivity contribution in [1.82, 2.24) is 9.47 Å². The summed E-state index contributed by atoms with van der Waals surface area (Å²) in [4.78, 5) is 27.9. The van der Waals surface area contributed by atoms with Gasteiger partial charge in [-0.1, -0.05) is 0 Å². The minimum Gasteiger partial charge on any atom is -0.491 e. The number of furan rings is 1. The van der Waals surface area contributed by atoms with Crippen LogP contribution in [0.25, 0.3) is 10.9 Å². The number of methoxy groups -OCH3 is 1. The Morgan fingerprint density at radius 3 is 2.74 bits per heavy atom. The van der Waals surface area contributed by atoms with Crippen LogP contribution in [-0.4, -0.2) is 35.6 Å². The molecule has 0 unspecified atom stereocenters. The molecule has 2 heterocycles. The van der Waals surface area contributed by atoms with Crippen molar-refractivity contribution >= 4 is 16.8 Å². The lowest BCUT2D eigenvalue weighted by atomic mass is 10.1. The molecule has 0 saturated heterocycles. The third-order valence-electron chi connectivity index (χ3n) is 5.91. The number of ether oxygens (including phenoxy) is 1. The zero-order valence-electron chi connectivity index (χ0n) is 17.7. The maximum Gasteiger partial charge on any atom is 0.259 e. The number of carbonyl (C=O) groups is 1. The molecule has 1 amide bonds. The largest absolute Gasteiger partial charge is 0.491 e. The Hall–Kier alpha value is -3.16. The number of benzene rings is 1. The quantitative estimate of drug-likeness (QED) is 0.560. The van der Waals surface area contributed by atoms with Crippen LogP contribution in [0.3, 0.4) is 0 Å². The molecule has 31 heavy (non-hydrogen) atoms. The first-order valence-corrected chi connectivity index (χ1v) is 10.2. The molecular weight excluding hydrogens is 406 g/mol. The molecule has 0 N–H and O–H groups in total. The van der Waals surface area contributed by atoms with Gasteiger partial charge in [-0.25, -0.2) is 4.39 Å². The van der Waals surface area contributed by atoms with Crippen molar-refractivity contribution in [1.29, 1.82) is 0 Å². The first-order valence-electron chi connectivity index (χ1n) is 10.2. The molecule has 3 aromatic rings. The van der Waals surface area contributed by atoms with E-state index in [1.165, 1.54) is 18.2 Å². The van der Waals surface area contributed by atoms with Gasteiger partial charge in [0, 0.05) is 31.7 Å². The molecule has 0 spiro atoms. The van der Waals surface area contributed by atoms with Crippen molar-refractivity contribution in [2.24, 2.45) is 0 Å². The van der Waals surface area contributed by atoms with E-state index in [1.807, 2.05) is 13.0 Å². The number of pyridine rings is 1. The molecule has 1 aliphatic rings. The van der Waals surface area contributed by atoms with Gasteiger partial charge in [0.1, 0.15) is 11.3 Å². The van der Waals surface area contributed by atoms with E-state index < -0.39 is 23.0 Å². The number of amides is 1. The number of hydrogen-bond donors (Lipinski definition) is 0. The first-order chi connectivity index (χ1) is 14.8. The predicted molar refractivity (Wildman–Crippen MR) is 112 cm³/mol. The van der Waals surface area contributed by atoms with Crippen molar-refractivity contribution in [2.45, 2.75) is 44.7 Å². The zero-order chi connectivity index (χ0) is 22.3. The summed E-state index contributed by atoms with van der Waals surface area (Å²) in [5, 5.41) is -0.0647. The molecule has 0 radical (unpaired) electrons. The highest BCUT2D eigenvalue weighted by Gasteiger charge is 2.31. The van der Waals surface area contributed by atoms with Gasteiger partial charge in [0.25, 0.3) is 5.91 Å². The Kier molecular flexibility index (Phi) is 5.56. The number of rotatable bonds is 7. The summed E-state index contributed by atoms with van der Waals surface area (Å²) in [5.41, 5.74) is -0.530. The average molecular weight is 430 g/mol. The van der Waals surface area contributed by atoms with Gasteiger partial charge in [0.2, 0.25) is 11.2 Å². The topological polar surface area (TPSA) is 64.7 Å². The minimum atomic E-state index is -1.19. The monoisotopic (exact) mass is 430 g/mol. The number of halogens is 2. The fraction of sp³-hybridized carbons (Fsp3) is 0.391. The standard InChI is InChI=1S/C23H24F2N2O4/c1-13(6-9-15-5-4-10-31-15)26(2)23(29)17-12-27(14-7-8-14)20-16(21(17)28)11-18(24)19(25)22(20)30-3/h4-5,10-14H,6-9H2,1-3H3/t13-/m1/s1.